The molecule has 12 heavy (non-hydrogen) atoms. The van der Waals surface area contributed by atoms with E-state index >= 15 is 0 Å². The molecule has 3 N–H and O–H groups in total. The van der Waals surface area contributed by atoms with Crippen molar-refractivity contribution in [3.05, 3.63) is 40.9 Å². The number of nitrogens with two attached hydrogens (primary N) is 1. The molecule has 0 aliphatic heterocycles. The van der Waals surface area contributed by atoms with Crippen LogP contribution in [0.5, 0.6) is 0 Å². The van der Waals surface area contributed by atoms with Crippen LogP contribution in [0.3, 0.4) is 0 Å². The van der Waals surface area contributed by atoms with Gasteiger partial charge in [0.2, 0.25) is 0 Å². The maximum atomic E-state index is 6.96. The molecule has 1 aromatic carbocycles. The van der Waals surface area contributed by atoms with Crippen LogP contribution in [0.25, 0.3) is 6.08 Å². The molecule has 1 aromatic rings. The number of nitrogens with one attached hydrogen (secondary N) is 1. The lowest BCUT2D eigenvalue weighted by Gasteiger charge is -1.92. The van der Waals surface area contributed by atoms with E-state index in [1.807, 2.05) is 12.1 Å². The number of halogens is 1. The minimum Gasteiger partial charge on any atom is -0.384 e. The van der Waals surface area contributed by atoms with Gasteiger partial charge in [0.05, 0.1) is 0 Å². The first-order chi connectivity index (χ1) is 5.68. The summed E-state index contributed by atoms with van der Waals surface area (Å²) in [5.74, 6) is 0.0370. The van der Waals surface area contributed by atoms with E-state index in [1.165, 1.54) is 6.08 Å². The van der Waals surface area contributed by atoms with Gasteiger partial charge in [-0.3, -0.25) is 5.41 Å². The summed E-state index contributed by atoms with van der Waals surface area (Å²) < 4.78 is 0. The molecular weight excluding hydrogens is 172 g/mol. The fourth-order valence-electron chi connectivity index (χ4n) is 0.796. The summed E-state index contributed by atoms with van der Waals surface area (Å²) >= 11 is 5.74. The van der Waals surface area contributed by atoms with Gasteiger partial charge in [-0.05, 0) is 23.8 Å². The second kappa shape index (κ2) is 3.93. The molecule has 0 spiro atoms. The van der Waals surface area contributed by atoms with Gasteiger partial charge in [-0.25, -0.2) is 0 Å². The van der Waals surface area contributed by atoms with E-state index in [1.54, 1.807) is 18.2 Å². The second-order valence-corrected chi connectivity index (χ2v) is 2.78. The number of hydrogen-bond acceptors (Lipinski definition) is 1. The molecule has 0 fully saturated rings. The quantitative estimate of drug-likeness (QED) is 0.533. The molecule has 0 bridgehead atoms. The van der Waals surface area contributed by atoms with E-state index in [-0.39, 0.29) is 5.84 Å². The predicted molar refractivity (Wildman–Crippen MR) is 52.4 cm³/mol. The van der Waals surface area contributed by atoms with Gasteiger partial charge in [-0.2, -0.15) is 0 Å². The Hall–Kier alpha value is -1.28. The standard InChI is InChI=1S/C9H9ClN2/c10-8-3-1-2-7(6-8)4-5-9(11)12/h1-6H,(H3,11,12)/b5-4+. The van der Waals surface area contributed by atoms with Crippen LogP contribution < -0.4 is 5.73 Å². The highest BCUT2D eigenvalue weighted by atomic mass is 35.5. The lowest BCUT2D eigenvalue weighted by atomic mass is 10.2. The molecule has 0 heterocycles. The Morgan fingerprint density at radius 1 is 1.50 bits per heavy atom. The third-order valence-corrected chi connectivity index (χ3v) is 1.54. The zero-order chi connectivity index (χ0) is 8.97. The number of hydrogen-bond donors (Lipinski definition) is 2. The molecule has 0 saturated heterocycles. The summed E-state index contributed by atoms with van der Waals surface area (Å²) in [4.78, 5) is 0. The molecule has 0 saturated carbocycles. The summed E-state index contributed by atoms with van der Waals surface area (Å²) in [5, 5.41) is 7.64. The van der Waals surface area contributed by atoms with Gasteiger partial charge in [0, 0.05) is 5.02 Å². The summed E-state index contributed by atoms with van der Waals surface area (Å²) in [5.41, 5.74) is 6.08. The topological polar surface area (TPSA) is 49.9 Å². The lowest BCUT2D eigenvalue weighted by molar-refractivity contribution is 1.47. The number of benzene rings is 1. The van der Waals surface area contributed by atoms with Crippen LogP contribution in [-0.4, -0.2) is 5.84 Å². The van der Waals surface area contributed by atoms with E-state index < -0.39 is 0 Å². The fourth-order valence-corrected chi connectivity index (χ4v) is 0.995. The summed E-state index contributed by atoms with van der Waals surface area (Å²) in [6.07, 6.45) is 3.26. The van der Waals surface area contributed by atoms with E-state index in [0.29, 0.717) is 5.02 Å². The van der Waals surface area contributed by atoms with Crippen molar-refractivity contribution in [3.63, 3.8) is 0 Å². The normalized spacial score (nSPS) is 10.4. The first kappa shape index (κ1) is 8.81. The van der Waals surface area contributed by atoms with Crippen LogP contribution in [0, 0.1) is 5.41 Å². The van der Waals surface area contributed by atoms with E-state index in [0.717, 1.165) is 5.56 Å². The Morgan fingerprint density at radius 3 is 2.83 bits per heavy atom. The molecule has 3 heteroatoms. The lowest BCUT2D eigenvalue weighted by Crippen LogP contribution is -2.03. The molecule has 0 aromatic heterocycles. The Balaban J connectivity index is 2.83. The van der Waals surface area contributed by atoms with E-state index in [9.17, 15) is 0 Å². The Kier molecular flexibility index (Phi) is 2.88. The van der Waals surface area contributed by atoms with Crippen molar-refractivity contribution in [3.8, 4) is 0 Å². The molecule has 0 amide bonds. The van der Waals surface area contributed by atoms with Crippen molar-refractivity contribution in [2.24, 2.45) is 5.73 Å². The van der Waals surface area contributed by atoms with Gasteiger partial charge < -0.3 is 5.73 Å². The maximum absolute atomic E-state index is 6.96. The molecule has 0 aliphatic rings. The van der Waals surface area contributed by atoms with Gasteiger partial charge >= 0.3 is 0 Å². The van der Waals surface area contributed by atoms with Crippen molar-refractivity contribution in [2.45, 2.75) is 0 Å². The number of amidine groups is 1. The second-order valence-electron chi connectivity index (χ2n) is 2.34. The van der Waals surface area contributed by atoms with Gasteiger partial charge in [-0.1, -0.05) is 29.8 Å². The first-order valence-electron chi connectivity index (χ1n) is 3.46. The van der Waals surface area contributed by atoms with Crippen LogP contribution in [0.1, 0.15) is 5.56 Å². The van der Waals surface area contributed by atoms with Crippen LogP contribution in [0.2, 0.25) is 5.02 Å². The average Bonchev–Trinajstić information content (AvgIpc) is 2.01. The third kappa shape index (κ3) is 2.76. The van der Waals surface area contributed by atoms with Crippen LogP contribution in [0.15, 0.2) is 30.3 Å². The zero-order valence-corrected chi connectivity index (χ0v) is 7.18. The van der Waals surface area contributed by atoms with E-state index in [2.05, 4.69) is 0 Å². The molecule has 0 radical (unpaired) electrons. The fraction of sp³-hybridized carbons (Fsp3) is 0. The molecule has 2 nitrogen and oxygen atoms in total. The van der Waals surface area contributed by atoms with Crippen LogP contribution in [-0.2, 0) is 0 Å². The van der Waals surface area contributed by atoms with Crippen molar-refractivity contribution in [1.82, 2.24) is 0 Å². The van der Waals surface area contributed by atoms with Crippen molar-refractivity contribution < 1.29 is 0 Å². The summed E-state index contributed by atoms with van der Waals surface area (Å²) in [7, 11) is 0. The molecule has 62 valence electrons. The molecule has 0 unspecified atom stereocenters. The number of rotatable bonds is 2. The largest absolute Gasteiger partial charge is 0.384 e. The van der Waals surface area contributed by atoms with Gasteiger partial charge in [-0.15, -0.1) is 0 Å². The smallest absolute Gasteiger partial charge is 0.115 e. The Labute approximate surface area is 76.2 Å². The molecule has 0 atom stereocenters. The highest BCUT2D eigenvalue weighted by Gasteiger charge is 1.88. The Bertz CT molecular complexity index is 318. The highest BCUT2D eigenvalue weighted by Crippen LogP contribution is 2.11. The van der Waals surface area contributed by atoms with Crippen molar-refractivity contribution in [1.29, 1.82) is 5.41 Å². The van der Waals surface area contributed by atoms with Crippen LogP contribution >= 0.6 is 11.6 Å². The van der Waals surface area contributed by atoms with Gasteiger partial charge in [0.15, 0.2) is 0 Å². The van der Waals surface area contributed by atoms with Crippen LogP contribution in [0.4, 0.5) is 0 Å². The average molecular weight is 181 g/mol. The van der Waals surface area contributed by atoms with Gasteiger partial charge in [0.25, 0.3) is 0 Å². The van der Waals surface area contributed by atoms with Crippen molar-refractivity contribution >= 4 is 23.5 Å². The SMILES string of the molecule is N=C(N)/C=C/c1cccc(Cl)c1. The highest BCUT2D eigenvalue weighted by molar-refractivity contribution is 6.30. The molecular formula is C9H9ClN2. The third-order valence-electron chi connectivity index (χ3n) is 1.30. The zero-order valence-electron chi connectivity index (χ0n) is 6.42. The predicted octanol–water partition coefficient (Wildman–Crippen LogP) is 2.29. The van der Waals surface area contributed by atoms with Crippen molar-refractivity contribution in [2.75, 3.05) is 0 Å². The minimum atomic E-state index is 0.0370. The summed E-state index contributed by atoms with van der Waals surface area (Å²) in [6.45, 7) is 0. The summed E-state index contributed by atoms with van der Waals surface area (Å²) in [6, 6.07) is 7.35. The molecule has 1 rings (SSSR count). The first-order valence-corrected chi connectivity index (χ1v) is 3.84. The van der Waals surface area contributed by atoms with Gasteiger partial charge in [0.1, 0.15) is 5.84 Å². The van der Waals surface area contributed by atoms with E-state index in [4.69, 9.17) is 22.7 Å². The molecule has 0 aliphatic carbocycles. The minimum absolute atomic E-state index is 0.0370. The Morgan fingerprint density at radius 2 is 2.25 bits per heavy atom. The maximum Gasteiger partial charge on any atom is 0.115 e. The monoisotopic (exact) mass is 180 g/mol.